The van der Waals surface area contributed by atoms with Gasteiger partial charge in [0.1, 0.15) is 0 Å². The molecule has 1 nitrogen and oxygen atoms in total. The number of hydrogen-bond acceptors (Lipinski definition) is 1. The molecule has 1 unspecified atom stereocenters. The highest BCUT2D eigenvalue weighted by Crippen LogP contribution is 2.25. The molecule has 0 heterocycles. The van der Waals surface area contributed by atoms with Gasteiger partial charge in [0.25, 0.3) is 0 Å². The summed E-state index contributed by atoms with van der Waals surface area (Å²) in [4.78, 5) is 2.59. The van der Waals surface area contributed by atoms with Gasteiger partial charge in [-0.15, -0.1) is 0 Å². The van der Waals surface area contributed by atoms with Crippen LogP contribution in [-0.2, 0) is 0 Å². The summed E-state index contributed by atoms with van der Waals surface area (Å²) in [6.07, 6.45) is 11.3. The van der Waals surface area contributed by atoms with E-state index in [4.69, 9.17) is 0 Å². The van der Waals surface area contributed by atoms with Crippen LogP contribution < -0.4 is 0 Å². The molecule has 0 aromatic heterocycles. The summed E-state index contributed by atoms with van der Waals surface area (Å²) in [7, 11) is 0. The minimum Gasteiger partial charge on any atom is -0.372 e. The fourth-order valence-corrected chi connectivity index (χ4v) is 2.59. The average molecular weight is 296 g/mol. The molecule has 0 saturated carbocycles. The van der Waals surface area contributed by atoms with Crippen molar-refractivity contribution < 1.29 is 0 Å². The zero-order chi connectivity index (χ0) is 16.7. The topological polar surface area (TPSA) is 3.24 Å². The first-order valence-electron chi connectivity index (χ1n) is 9.32. The molecule has 0 N–H and O–H groups in total. The monoisotopic (exact) mass is 295 g/mol. The van der Waals surface area contributed by atoms with Crippen molar-refractivity contribution >= 4 is 0 Å². The van der Waals surface area contributed by atoms with Gasteiger partial charge >= 0.3 is 0 Å². The van der Waals surface area contributed by atoms with E-state index in [-0.39, 0.29) is 0 Å². The molecule has 1 rings (SSSR count). The Labute approximate surface area is 135 Å². The second-order valence-corrected chi connectivity index (χ2v) is 5.35. The molecule has 0 aromatic rings. The van der Waals surface area contributed by atoms with Crippen LogP contribution in [0.15, 0.2) is 23.4 Å². The van der Waals surface area contributed by atoms with Gasteiger partial charge in [-0.2, -0.15) is 0 Å². The zero-order valence-corrected chi connectivity index (χ0v) is 16.1. The summed E-state index contributed by atoms with van der Waals surface area (Å²) in [5.41, 5.74) is 2.98. The fourth-order valence-electron chi connectivity index (χ4n) is 2.59. The van der Waals surface area contributed by atoms with Gasteiger partial charge in [-0.25, -0.2) is 0 Å². The molecule has 0 bridgehead atoms. The lowest BCUT2D eigenvalue weighted by atomic mass is 9.95. The van der Waals surface area contributed by atoms with Crippen LogP contribution in [0.2, 0.25) is 0 Å². The van der Waals surface area contributed by atoms with Crippen LogP contribution in [0.1, 0.15) is 87.5 Å². The van der Waals surface area contributed by atoms with Crippen molar-refractivity contribution in [2.45, 2.75) is 87.5 Å². The molecule has 0 fully saturated rings. The Balaban J connectivity index is 0. The molecule has 0 saturated heterocycles. The van der Waals surface area contributed by atoms with Crippen molar-refractivity contribution in [1.82, 2.24) is 4.90 Å². The summed E-state index contributed by atoms with van der Waals surface area (Å²) in [6, 6.07) is 0. The normalized spacial score (nSPS) is 16.7. The third-order valence-electron chi connectivity index (χ3n) is 3.49. The van der Waals surface area contributed by atoms with Crippen molar-refractivity contribution in [2.75, 3.05) is 13.1 Å². The van der Waals surface area contributed by atoms with Gasteiger partial charge in [0, 0.05) is 18.8 Å². The van der Waals surface area contributed by atoms with Gasteiger partial charge in [-0.05, 0) is 37.7 Å². The number of hydrogen-bond donors (Lipinski definition) is 0. The first kappa shape index (κ1) is 22.6. The lowest BCUT2D eigenvalue weighted by Gasteiger charge is -2.30. The minimum absolute atomic E-state index is 0.720. The summed E-state index contributed by atoms with van der Waals surface area (Å²) < 4.78 is 0. The zero-order valence-electron chi connectivity index (χ0n) is 16.1. The van der Waals surface area contributed by atoms with Crippen molar-refractivity contribution in [3.63, 3.8) is 0 Å². The molecule has 21 heavy (non-hydrogen) atoms. The van der Waals surface area contributed by atoms with E-state index in [0.717, 1.165) is 5.92 Å². The van der Waals surface area contributed by atoms with Crippen molar-refractivity contribution in [3.05, 3.63) is 23.4 Å². The standard InChI is InChI=1S/C16H29N.2C2H6/c1-5-7-8-12-17(11-6-2)16-10-9-14(3)13-15(16)4;2*1-2/h10,13-14H,5-9,11-12H2,1-4H3;2*1-2H3. The molecule has 126 valence electrons. The van der Waals surface area contributed by atoms with E-state index in [1.165, 1.54) is 56.5 Å². The Morgan fingerprint density at radius 2 is 1.62 bits per heavy atom. The molecule has 1 aliphatic carbocycles. The Bertz CT molecular complexity index is 276. The van der Waals surface area contributed by atoms with E-state index < -0.39 is 0 Å². The van der Waals surface area contributed by atoms with Crippen molar-refractivity contribution in [1.29, 1.82) is 0 Å². The van der Waals surface area contributed by atoms with Gasteiger partial charge in [0.15, 0.2) is 0 Å². The van der Waals surface area contributed by atoms with E-state index in [1.807, 2.05) is 27.7 Å². The number of unbranched alkanes of at least 4 members (excludes halogenated alkanes) is 2. The molecule has 0 aromatic carbocycles. The number of allylic oxidation sites excluding steroid dienone is 3. The first-order valence-corrected chi connectivity index (χ1v) is 9.32. The summed E-state index contributed by atoms with van der Waals surface area (Å²) in [6.45, 7) is 19.6. The molecule has 0 spiro atoms. The van der Waals surface area contributed by atoms with Gasteiger partial charge < -0.3 is 4.90 Å². The van der Waals surface area contributed by atoms with Gasteiger partial charge in [0.2, 0.25) is 0 Å². The second-order valence-electron chi connectivity index (χ2n) is 5.35. The quantitative estimate of drug-likeness (QED) is 0.466. The predicted octanol–water partition coefficient (Wildman–Crippen LogP) is 6.81. The molecule has 1 aliphatic rings. The molecule has 1 atom stereocenters. The van der Waals surface area contributed by atoms with Crippen molar-refractivity contribution in [3.8, 4) is 0 Å². The molecule has 0 aliphatic heterocycles. The van der Waals surface area contributed by atoms with Crippen LogP contribution in [0.4, 0.5) is 0 Å². The lowest BCUT2D eigenvalue weighted by Crippen LogP contribution is -2.27. The molecule has 1 heteroatoms. The average Bonchev–Trinajstić information content (AvgIpc) is 2.51. The van der Waals surface area contributed by atoms with Crippen molar-refractivity contribution in [2.24, 2.45) is 5.92 Å². The van der Waals surface area contributed by atoms with Gasteiger partial charge in [-0.3, -0.25) is 0 Å². The van der Waals surface area contributed by atoms with Crippen LogP contribution in [0.25, 0.3) is 0 Å². The van der Waals surface area contributed by atoms with E-state index in [0.29, 0.717) is 0 Å². The summed E-state index contributed by atoms with van der Waals surface area (Å²) in [5.74, 6) is 0.720. The van der Waals surface area contributed by atoms with E-state index in [2.05, 4.69) is 44.7 Å². The maximum Gasteiger partial charge on any atom is 0.0352 e. The van der Waals surface area contributed by atoms with Crippen LogP contribution in [0.5, 0.6) is 0 Å². The van der Waals surface area contributed by atoms with E-state index >= 15 is 0 Å². The largest absolute Gasteiger partial charge is 0.372 e. The Morgan fingerprint density at radius 3 is 2.10 bits per heavy atom. The predicted molar refractivity (Wildman–Crippen MR) is 99.7 cm³/mol. The van der Waals surface area contributed by atoms with Crippen LogP contribution in [0, 0.1) is 5.92 Å². The molecule has 0 radical (unpaired) electrons. The number of nitrogens with zero attached hydrogens (tertiary/aromatic N) is 1. The highest BCUT2D eigenvalue weighted by Gasteiger charge is 2.14. The van der Waals surface area contributed by atoms with Crippen LogP contribution in [-0.4, -0.2) is 18.0 Å². The molecular weight excluding hydrogens is 254 g/mol. The van der Waals surface area contributed by atoms with Crippen LogP contribution in [0.3, 0.4) is 0 Å². The Morgan fingerprint density at radius 1 is 1.00 bits per heavy atom. The maximum atomic E-state index is 2.59. The first-order chi connectivity index (χ1) is 10.2. The second kappa shape index (κ2) is 15.7. The smallest absolute Gasteiger partial charge is 0.0352 e. The minimum atomic E-state index is 0.720. The Hall–Kier alpha value is -0.720. The van der Waals surface area contributed by atoms with E-state index in [9.17, 15) is 0 Å². The summed E-state index contributed by atoms with van der Waals surface area (Å²) >= 11 is 0. The number of rotatable bonds is 7. The van der Waals surface area contributed by atoms with Crippen LogP contribution >= 0.6 is 0 Å². The third kappa shape index (κ3) is 9.77. The fraction of sp³-hybridized carbons (Fsp3) is 0.800. The SMILES string of the molecule is CC.CC.CCCCCN(CCC)C1=CCC(C)C=C1C. The highest BCUT2D eigenvalue weighted by molar-refractivity contribution is 5.31. The molecule has 0 amide bonds. The van der Waals surface area contributed by atoms with E-state index in [1.54, 1.807) is 0 Å². The Kier molecular flexibility index (Phi) is 16.8. The summed E-state index contributed by atoms with van der Waals surface area (Å²) in [5, 5.41) is 0. The van der Waals surface area contributed by atoms with Gasteiger partial charge in [-0.1, -0.05) is 73.5 Å². The van der Waals surface area contributed by atoms with Gasteiger partial charge in [0.05, 0.1) is 0 Å². The maximum absolute atomic E-state index is 2.59. The third-order valence-corrected chi connectivity index (χ3v) is 3.49. The highest BCUT2D eigenvalue weighted by atomic mass is 15.1. The lowest BCUT2D eigenvalue weighted by molar-refractivity contribution is 0.336. The molecular formula is C20H41N.